The van der Waals surface area contributed by atoms with E-state index in [2.05, 4.69) is 27.4 Å². The van der Waals surface area contributed by atoms with Gasteiger partial charge < -0.3 is 5.32 Å². The zero-order valence-corrected chi connectivity index (χ0v) is 9.85. The number of nitrogens with zero attached hydrogens (tertiary/aromatic N) is 2. The molecule has 2 aromatic heterocycles. The molecule has 1 saturated carbocycles. The maximum atomic E-state index is 4.34. The summed E-state index contributed by atoms with van der Waals surface area (Å²) in [6.45, 7) is 2.23. The number of nitrogens with one attached hydrogen (secondary N) is 2. The number of hydrogen-bond acceptors (Lipinski definition) is 3. The van der Waals surface area contributed by atoms with Gasteiger partial charge in [0.15, 0.2) is 0 Å². The van der Waals surface area contributed by atoms with E-state index in [1.165, 1.54) is 12.8 Å². The zero-order valence-electron chi connectivity index (χ0n) is 9.85. The lowest BCUT2D eigenvalue weighted by molar-refractivity contribution is 0.694. The third-order valence-corrected chi connectivity index (χ3v) is 3.27. The smallest absolute Gasteiger partial charge is 0.107 e. The van der Waals surface area contributed by atoms with E-state index in [4.69, 9.17) is 0 Å². The first-order valence-electron chi connectivity index (χ1n) is 6.06. The third kappa shape index (κ3) is 2.16. The summed E-state index contributed by atoms with van der Waals surface area (Å²) in [5.41, 5.74) is 2.94. The summed E-state index contributed by atoms with van der Waals surface area (Å²) in [5, 5.41) is 10.6. The Morgan fingerprint density at radius 2 is 2.29 bits per heavy atom. The minimum Gasteiger partial charge on any atom is -0.379 e. The summed E-state index contributed by atoms with van der Waals surface area (Å²) >= 11 is 0. The molecule has 3 rings (SSSR count). The Labute approximate surface area is 100 Å². The molecule has 1 aliphatic rings. The van der Waals surface area contributed by atoms with Gasteiger partial charge in [0.25, 0.3) is 0 Å². The number of pyridine rings is 1. The zero-order chi connectivity index (χ0) is 11.7. The van der Waals surface area contributed by atoms with E-state index in [1.54, 1.807) is 6.20 Å². The fourth-order valence-electron chi connectivity index (χ4n) is 2.06. The molecule has 1 fully saturated rings. The normalized spacial score (nSPS) is 16.8. The highest BCUT2D eigenvalue weighted by Gasteiger charge is 2.28. The van der Waals surface area contributed by atoms with Crippen molar-refractivity contribution in [1.82, 2.24) is 15.2 Å². The summed E-state index contributed by atoms with van der Waals surface area (Å²) < 4.78 is 0. The van der Waals surface area contributed by atoms with Crippen molar-refractivity contribution in [2.75, 3.05) is 5.32 Å². The summed E-state index contributed by atoms with van der Waals surface area (Å²) in [7, 11) is 0. The largest absolute Gasteiger partial charge is 0.379 e. The Morgan fingerprint density at radius 3 is 3.00 bits per heavy atom. The first kappa shape index (κ1) is 10.3. The number of H-pyrrole nitrogens is 1. The number of hydrogen-bond donors (Lipinski definition) is 2. The van der Waals surface area contributed by atoms with Gasteiger partial charge in [0, 0.05) is 12.2 Å². The van der Waals surface area contributed by atoms with Gasteiger partial charge in [0.05, 0.1) is 17.6 Å². The Balaban J connectivity index is 1.83. The van der Waals surface area contributed by atoms with Crippen LogP contribution in [0.5, 0.6) is 0 Å². The summed E-state index contributed by atoms with van der Waals surface area (Å²) in [6.07, 6.45) is 6.31. The van der Waals surface area contributed by atoms with E-state index >= 15 is 0 Å². The van der Waals surface area contributed by atoms with Gasteiger partial charge >= 0.3 is 0 Å². The van der Waals surface area contributed by atoms with Gasteiger partial charge in [-0.2, -0.15) is 5.10 Å². The standard InChI is InChI=1S/C13H16N4/c1-9(10-5-6-10)16-12-8-15-17-13(12)11-4-2-3-7-14-11/h2-4,7-10,16H,5-6H2,1H3,(H,15,17)/t9-/m1/s1. The van der Waals surface area contributed by atoms with E-state index in [0.29, 0.717) is 6.04 Å². The van der Waals surface area contributed by atoms with Gasteiger partial charge in [-0.3, -0.25) is 10.1 Å². The number of anilines is 1. The number of aromatic nitrogens is 3. The van der Waals surface area contributed by atoms with Crippen LogP contribution in [0.15, 0.2) is 30.6 Å². The SMILES string of the molecule is C[C@@H](Nc1cn[nH]c1-c1ccccn1)C1CC1. The minimum absolute atomic E-state index is 0.509. The van der Waals surface area contributed by atoms with Crippen LogP contribution in [0.25, 0.3) is 11.4 Å². The molecule has 0 bridgehead atoms. The highest BCUT2D eigenvalue weighted by Crippen LogP contribution is 2.35. The van der Waals surface area contributed by atoms with E-state index in [9.17, 15) is 0 Å². The van der Waals surface area contributed by atoms with Crippen molar-refractivity contribution in [1.29, 1.82) is 0 Å². The second kappa shape index (κ2) is 4.20. The van der Waals surface area contributed by atoms with Crippen molar-refractivity contribution in [3.63, 3.8) is 0 Å². The molecule has 2 heterocycles. The van der Waals surface area contributed by atoms with Crippen molar-refractivity contribution in [3.8, 4) is 11.4 Å². The summed E-state index contributed by atoms with van der Waals surface area (Å²) in [5.74, 6) is 0.821. The van der Waals surface area contributed by atoms with Crippen LogP contribution in [0.1, 0.15) is 19.8 Å². The molecule has 88 valence electrons. The Bertz CT molecular complexity index is 487. The maximum Gasteiger partial charge on any atom is 0.107 e. The van der Waals surface area contributed by atoms with Crippen molar-refractivity contribution in [2.24, 2.45) is 5.92 Å². The maximum absolute atomic E-state index is 4.34. The molecule has 0 aromatic carbocycles. The quantitative estimate of drug-likeness (QED) is 0.846. The number of rotatable bonds is 4. The van der Waals surface area contributed by atoms with Gasteiger partial charge in [-0.15, -0.1) is 0 Å². The minimum atomic E-state index is 0.509. The molecule has 0 spiro atoms. The molecule has 0 aliphatic heterocycles. The Morgan fingerprint density at radius 1 is 1.41 bits per heavy atom. The molecule has 17 heavy (non-hydrogen) atoms. The van der Waals surface area contributed by atoms with Gasteiger partial charge in [0.2, 0.25) is 0 Å². The van der Waals surface area contributed by atoms with Crippen molar-refractivity contribution in [2.45, 2.75) is 25.8 Å². The molecule has 0 saturated heterocycles. The Hall–Kier alpha value is -1.84. The van der Waals surface area contributed by atoms with Crippen LogP contribution in [-0.2, 0) is 0 Å². The second-order valence-corrected chi connectivity index (χ2v) is 4.64. The van der Waals surface area contributed by atoms with Crippen molar-refractivity contribution < 1.29 is 0 Å². The van der Waals surface area contributed by atoms with E-state index < -0.39 is 0 Å². The monoisotopic (exact) mass is 228 g/mol. The molecule has 2 N–H and O–H groups in total. The fourth-order valence-corrected chi connectivity index (χ4v) is 2.06. The highest BCUT2D eigenvalue weighted by molar-refractivity contribution is 5.71. The lowest BCUT2D eigenvalue weighted by Gasteiger charge is -2.13. The van der Waals surface area contributed by atoms with Crippen LogP contribution in [-0.4, -0.2) is 21.2 Å². The summed E-state index contributed by atoms with van der Waals surface area (Å²) in [4.78, 5) is 4.34. The molecule has 4 nitrogen and oxygen atoms in total. The molecule has 0 unspecified atom stereocenters. The third-order valence-electron chi connectivity index (χ3n) is 3.27. The van der Waals surface area contributed by atoms with Crippen LogP contribution in [0.2, 0.25) is 0 Å². The van der Waals surface area contributed by atoms with Crippen molar-refractivity contribution >= 4 is 5.69 Å². The summed E-state index contributed by atoms with van der Waals surface area (Å²) in [6, 6.07) is 6.40. The van der Waals surface area contributed by atoms with Gasteiger partial charge in [0.1, 0.15) is 5.69 Å². The van der Waals surface area contributed by atoms with E-state index in [0.717, 1.165) is 23.0 Å². The molecule has 0 amide bonds. The molecular weight excluding hydrogens is 212 g/mol. The average Bonchev–Trinajstić information content (AvgIpc) is 3.12. The average molecular weight is 228 g/mol. The van der Waals surface area contributed by atoms with Gasteiger partial charge in [-0.05, 0) is 37.8 Å². The van der Waals surface area contributed by atoms with Crippen LogP contribution in [0.3, 0.4) is 0 Å². The first-order chi connectivity index (χ1) is 8.34. The van der Waals surface area contributed by atoms with Gasteiger partial charge in [-0.25, -0.2) is 0 Å². The molecule has 1 aliphatic carbocycles. The van der Waals surface area contributed by atoms with E-state index in [-0.39, 0.29) is 0 Å². The first-order valence-corrected chi connectivity index (χ1v) is 6.06. The molecule has 1 atom stereocenters. The van der Waals surface area contributed by atoms with Crippen LogP contribution >= 0.6 is 0 Å². The van der Waals surface area contributed by atoms with Crippen molar-refractivity contribution in [3.05, 3.63) is 30.6 Å². The van der Waals surface area contributed by atoms with Crippen LogP contribution < -0.4 is 5.32 Å². The lowest BCUT2D eigenvalue weighted by Crippen LogP contribution is -2.17. The van der Waals surface area contributed by atoms with Crippen LogP contribution in [0.4, 0.5) is 5.69 Å². The topological polar surface area (TPSA) is 53.6 Å². The predicted molar refractivity (Wildman–Crippen MR) is 67.6 cm³/mol. The molecule has 4 heteroatoms. The van der Waals surface area contributed by atoms with E-state index in [1.807, 2.05) is 24.4 Å². The fraction of sp³-hybridized carbons (Fsp3) is 0.385. The number of aromatic amines is 1. The van der Waals surface area contributed by atoms with Crippen LogP contribution in [0, 0.1) is 5.92 Å². The highest BCUT2D eigenvalue weighted by atomic mass is 15.1. The van der Waals surface area contributed by atoms with Gasteiger partial charge in [-0.1, -0.05) is 6.07 Å². The lowest BCUT2D eigenvalue weighted by atomic mass is 10.2. The molecular formula is C13H16N4. The Kier molecular flexibility index (Phi) is 2.55. The predicted octanol–water partition coefficient (Wildman–Crippen LogP) is 2.68. The molecule has 2 aromatic rings. The molecule has 0 radical (unpaired) electrons. The second-order valence-electron chi connectivity index (χ2n) is 4.64.